The molecule has 31 heavy (non-hydrogen) atoms. The van der Waals surface area contributed by atoms with E-state index in [1.165, 1.54) is 25.1 Å². The number of amides is 1. The lowest BCUT2D eigenvalue weighted by atomic mass is 10.1. The van der Waals surface area contributed by atoms with E-state index in [2.05, 4.69) is 14.7 Å². The normalized spacial score (nSPS) is 10.8. The van der Waals surface area contributed by atoms with Crippen LogP contribution in [0.2, 0.25) is 0 Å². The zero-order valence-corrected chi connectivity index (χ0v) is 18.0. The lowest BCUT2D eigenvalue weighted by Crippen LogP contribution is -2.27. The van der Waals surface area contributed by atoms with E-state index in [4.69, 9.17) is 9.47 Å². The molecule has 0 aliphatic carbocycles. The van der Waals surface area contributed by atoms with Crippen molar-refractivity contribution in [3.05, 3.63) is 64.7 Å². The summed E-state index contributed by atoms with van der Waals surface area (Å²) in [5.74, 6) is 0.716. The highest BCUT2D eigenvalue weighted by molar-refractivity contribution is 7.13. The highest BCUT2D eigenvalue weighted by atomic mass is 32.1. The molecule has 0 saturated carbocycles. The van der Waals surface area contributed by atoms with Crippen molar-refractivity contribution in [3.8, 4) is 22.8 Å². The third kappa shape index (κ3) is 4.26. The molecule has 0 saturated heterocycles. The molecule has 4 rings (SSSR count). The standard InChI is InChI=1S/C22H20N4O4S/c1-13-4-6-14(7-5-13)19-20-21(31-25-19)22(28)26(12-23-20)11-18(27)24-15-8-16(29-2)10-17(9-15)30-3/h4-10,12H,11H2,1-3H3,(H,24,27). The number of hydrogen-bond donors (Lipinski definition) is 1. The zero-order chi connectivity index (χ0) is 22.0. The molecule has 0 unspecified atom stereocenters. The van der Waals surface area contributed by atoms with Crippen LogP contribution in [-0.4, -0.2) is 34.1 Å². The maximum Gasteiger partial charge on any atom is 0.273 e. The van der Waals surface area contributed by atoms with Crippen LogP contribution in [0.5, 0.6) is 11.5 Å². The molecule has 1 N–H and O–H groups in total. The van der Waals surface area contributed by atoms with Gasteiger partial charge < -0.3 is 14.8 Å². The highest BCUT2D eigenvalue weighted by Gasteiger charge is 2.16. The number of nitrogens with zero attached hydrogens (tertiary/aromatic N) is 3. The average molecular weight is 436 g/mol. The Morgan fingerprint density at radius 1 is 1.10 bits per heavy atom. The minimum Gasteiger partial charge on any atom is -0.497 e. The Kier molecular flexibility index (Phi) is 5.68. The molecule has 2 aromatic heterocycles. The Hall–Kier alpha value is -3.72. The van der Waals surface area contributed by atoms with Gasteiger partial charge in [0.05, 0.1) is 20.5 Å². The number of carbonyl (C=O) groups is 1. The number of hydrogen-bond acceptors (Lipinski definition) is 7. The number of ether oxygens (including phenoxy) is 2. The number of benzene rings is 2. The summed E-state index contributed by atoms with van der Waals surface area (Å²) >= 11 is 1.08. The summed E-state index contributed by atoms with van der Waals surface area (Å²) in [6.45, 7) is 1.82. The Morgan fingerprint density at radius 3 is 2.42 bits per heavy atom. The van der Waals surface area contributed by atoms with Crippen molar-refractivity contribution in [1.29, 1.82) is 0 Å². The number of aryl methyl sites for hydroxylation is 1. The molecule has 158 valence electrons. The van der Waals surface area contributed by atoms with Crippen LogP contribution in [0.4, 0.5) is 5.69 Å². The van der Waals surface area contributed by atoms with E-state index < -0.39 is 0 Å². The van der Waals surface area contributed by atoms with Gasteiger partial charge in [-0.2, -0.15) is 4.37 Å². The molecule has 0 spiro atoms. The second kappa shape index (κ2) is 8.57. The molecule has 4 aromatic rings. The lowest BCUT2D eigenvalue weighted by Gasteiger charge is -2.10. The Morgan fingerprint density at radius 2 is 1.77 bits per heavy atom. The topological polar surface area (TPSA) is 95.3 Å². The Bertz CT molecular complexity index is 1290. The first kappa shape index (κ1) is 20.5. The van der Waals surface area contributed by atoms with Crippen molar-refractivity contribution in [3.63, 3.8) is 0 Å². The molecule has 2 aromatic carbocycles. The molecule has 0 aliphatic rings. The van der Waals surface area contributed by atoms with Gasteiger partial charge in [0.15, 0.2) is 0 Å². The summed E-state index contributed by atoms with van der Waals surface area (Å²) in [6, 6.07) is 12.9. The molecule has 2 heterocycles. The van der Waals surface area contributed by atoms with Crippen molar-refractivity contribution in [2.45, 2.75) is 13.5 Å². The number of aromatic nitrogens is 3. The third-order valence-corrected chi connectivity index (χ3v) is 5.55. The van der Waals surface area contributed by atoms with Crippen LogP contribution < -0.4 is 20.3 Å². The Balaban J connectivity index is 1.58. The van der Waals surface area contributed by atoms with E-state index in [0.717, 1.165) is 22.7 Å². The van der Waals surface area contributed by atoms with Gasteiger partial charge in [0, 0.05) is 29.4 Å². The van der Waals surface area contributed by atoms with Crippen molar-refractivity contribution >= 4 is 33.3 Å². The second-order valence-corrected chi connectivity index (χ2v) is 7.68. The van der Waals surface area contributed by atoms with Gasteiger partial charge in [-0.25, -0.2) is 4.98 Å². The monoisotopic (exact) mass is 436 g/mol. The first-order valence-corrected chi connectivity index (χ1v) is 10.2. The fraction of sp³-hybridized carbons (Fsp3) is 0.182. The summed E-state index contributed by atoms with van der Waals surface area (Å²) in [7, 11) is 3.06. The first-order valence-electron chi connectivity index (χ1n) is 9.43. The molecule has 0 bridgehead atoms. The molecule has 9 heteroatoms. The molecule has 8 nitrogen and oxygen atoms in total. The number of nitrogens with one attached hydrogen (secondary N) is 1. The van der Waals surface area contributed by atoms with Gasteiger partial charge >= 0.3 is 0 Å². The van der Waals surface area contributed by atoms with Gasteiger partial charge in [-0.05, 0) is 18.5 Å². The van der Waals surface area contributed by atoms with Crippen LogP contribution in [0.3, 0.4) is 0 Å². The predicted octanol–water partition coefficient (Wildman–Crippen LogP) is 3.48. The quantitative estimate of drug-likeness (QED) is 0.497. The molecule has 0 fully saturated rings. The van der Waals surface area contributed by atoms with Crippen LogP contribution in [-0.2, 0) is 11.3 Å². The van der Waals surface area contributed by atoms with Gasteiger partial charge in [0.1, 0.15) is 34.0 Å². The SMILES string of the molecule is COc1cc(NC(=O)Cn2cnc3c(-c4ccc(C)cc4)nsc3c2=O)cc(OC)c1. The van der Waals surface area contributed by atoms with Gasteiger partial charge in [-0.15, -0.1) is 0 Å². The van der Waals surface area contributed by atoms with Gasteiger partial charge in [-0.1, -0.05) is 29.8 Å². The third-order valence-electron chi connectivity index (χ3n) is 4.72. The average Bonchev–Trinajstić information content (AvgIpc) is 3.20. The summed E-state index contributed by atoms with van der Waals surface area (Å²) in [5, 5.41) is 2.75. The van der Waals surface area contributed by atoms with E-state index in [-0.39, 0.29) is 18.0 Å². The van der Waals surface area contributed by atoms with Crippen LogP contribution in [0.15, 0.2) is 53.6 Å². The summed E-state index contributed by atoms with van der Waals surface area (Å²) in [5.41, 5.74) is 3.43. The number of fused-ring (bicyclic) bond motifs is 1. The fourth-order valence-electron chi connectivity index (χ4n) is 3.10. The molecular weight excluding hydrogens is 416 g/mol. The first-order chi connectivity index (χ1) is 15.0. The lowest BCUT2D eigenvalue weighted by molar-refractivity contribution is -0.116. The smallest absolute Gasteiger partial charge is 0.273 e. The van der Waals surface area contributed by atoms with Crippen LogP contribution >= 0.6 is 11.5 Å². The number of anilines is 1. The minimum absolute atomic E-state index is 0.181. The second-order valence-electron chi connectivity index (χ2n) is 6.90. The van der Waals surface area contributed by atoms with E-state index >= 15 is 0 Å². The molecule has 1 amide bonds. The maximum absolute atomic E-state index is 12.9. The summed E-state index contributed by atoms with van der Waals surface area (Å²) in [4.78, 5) is 29.8. The molecule has 0 aliphatic heterocycles. The molecular formula is C22H20N4O4S. The molecule has 0 radical (unpaired) electrons. The van der Waals surface area contributed by atoms with Crippen molar-refractivity contribution < 1.29 is 14.3 Å². The Labute approximate surface area is 182 Å². The van der Waals surface area contributed by atoms with Gasteiger partial charge in [0.25, 0.3) is 5.56 Å². The number of methoxy groups -OCH3 is 2. The predicted molar refractivity (Wildman–Crippen MR) is 120 cm³/mol. The maximum atomic E-state index is 12.9. The van der Waals surface area contributed by atoms with Gasteiger partial charge in [0.2, 0.25) is 5.91 Å². The summed E-state index contributed by atoms with van der Waals surface area (Å²) in [6.07, 6.45) is 1.38. The van der Waals surface area contributed by atoms with Crippen molar-refractivity contribution in [2.24, 2.45) is 0 Å². The van der Waals surface area contributed by atoms with E-state index in [1.54, 1.807) is 18.2 Å². The van der Waals surface area contributed by atoms with Crippen molar-refractivity contribution in [2.75, 3.05) is 19.5 Å². The number of rotatable bonds is 6. The van der Waals surface area contributed by atoms with E-state index in [1.807, 2.05) is 31.2 Å². The highest BCUT2D eigenvalue weighted by Crippen LogP contribution is 2.28. The van der Waals surface area contributed by atoms with Gasteiger partial charge in [-0.3, -0.25) is 14.2 Å². The molecule has 0 atom stereocenters. The van der Waals surface area contributed by atoms with Crippen molar-refractivity contribution in [1.82, 2.24) is 13.9 Å². The van der Waals surface area contributed by atoms with E-state index in [9.17, 15) is 9.59 Å². The largest absolute Gasteiger partial charge is 0.497 e. The fourth-order valence-corrected chi connectivity index (χ4v) is 3.91. The van der Waals surface area contributed by atoms with Crippen LogP contribution in [0, 0.1) is 6.92 Å². The summed E-state index contributed by atoms with van der Waals surface area (Å²) < 4.78 is 16.5. The zero-order valence-electron chi connectivity index (χ0n) is 17.2. The van der Waals surface area contributed by atoms with E-state index in [0.29, 0.717) is 33.1 Å². The van der Waals surface area contributed by atoms with Crippen LogP contribution in [0.1, 0.15) is 5.56 Å². The minimum atomic E-state index is -0.373. The number of carbonyl (C=O) groups excluding carboxylic acids is 1. The van der Waals surface area contributed by atoms with Crippen LogP contribution in [0.25, 0.3) is 21.5 Å².